The third-order valence-corrected chi connectivity index (χ3v) is 14.1. The second kappa shape index (κ2) is 60.2. The van der Waals surface area contributed by atoms with Crippen molar-refractivity contribution in [2.24, 2.45) is 0 Å². The Morgan fingerprint density at radius 1 is 0.282 bits per heavy atom. The van der Waals surface area contributed by atoms with Crippen LogP contribution in [0.4, 0.5) is 0 Å². The van der Waals surface area contributed by atoms with Crippen LogP contribution in [0.25, 0.3) is 0 Å². The Hall–Kier alpha value is -2.37. The zero-order chi connectivity index (χ0) is 51.4. The lowest BCUT2D eigenvalue weighted by molar-refractivity contribution is -0.167. The molecule has 0 aliphatic heterocycles. The molecule has 0 saturated carbocycles. The first-order valence-electron chi connectivity index (χ1n) is 31.5. The molecule has 0 aromatic rings. The molecule has 0 saturated heterocycles. The Morgan fingerprint density at radius 2 is 0.521 bits per heavy atom. The molecule has 1 unspecified atom stereocenters. The fourth-order valence-electron chi connectivity index (χ4n) is 9.34. The molecule has 0 aliphatic rings. The number of allylic oxidation sites excluding steroid dienone is 6. The molecule has 0 bridgehead atoms. The molecule has 0 fully saturated rings. The van der Waals surface area contributed by atoms with Crippen molar-refractivity contribution in [3.8, 4) is 0 Å². The molecule has 416 valence electrons. The van der Waals surface area contributed by atoms with E-state index < -0.39 is 6.10 Å². The van der Waals surface area contributed by atoms with Gasteiger partial charge >= 0.3 is 17.9 Å². The van der Waals surface area contributed by atoms with Crippen LogP contribution in [0.15, 0.2) is 36.5 Å². The van der Waals surface area contributed by atoms with Crippen molar-refractivity contribution in [1.29, 1.82) is 0 Å². The normalized spacial score (nSPS) is 12.2. The van der Waals surface area contributed by atoms with E-state index in [1.54, 1.807) is 0 Å². The quantitative estimate of drug-likeness (QED) is 0.0261. The maximum Gasteiger partial charge on any atom is 0.306 e. The largest absolute Gasteiger partial charge is 0.462 e. The number of carbonyl (C=O) groups is 3. The first kappa shape index (κ1) is 68.6. The van der Waals surface area contributed by atoms with Crippen molar-refractivity contribution in [2.75, 3.05) is 13.2 Å². The molecular formula is C65H120O6. The zero-order valence-corrected chi connectivity index (χ0v) is 47.8. The minimum absolute atomic E-state index is 0.0767. The molecule has 0 N–H and O–H groups in total. The van der Waals surface area contributed by atoms with E-state index in [-0.39, 0.29) is 31.1 Å². The molecule has 0 rings (SSSR count). The maximum atomic E-state index is 12.9. The van der Waals surface area contributed by atoms with Crippen molar-refractivity contribution in [1.82, 2.24) is 0 Å². The van der Waals surface area contributed by atoms with Crippen LogP contribution in [0.1, 0.15) is 342 Å². The number of hydrogen-bond donors (Lipinski definition) is 0. The van der Waals surface area contributed by atoms with Crippen LogP contribution in [0.5, 0.6) is 0 Å². The highest BCUT2D eigenvalue weighted by molar-refractivity contribution is 5.71. The van der Waals surface area contributed by atoms with Crippen molar-refractivity contribution < 1.29 is 28.6 Å². The smallest absolute Gasteiger partial charge is 0.306 e. The van der Waals surface area contributed by atoms with Crippen LogP contribution < -0.4 is 0 Å². The summed E-state index contributed by atoms with van der Waals surface area (Å²) in [6, 6.07) is 0. The van der Waals surface area contributed by atoms with Crippen molar-refractivity contribution in [3.05, 3.63) is 36.5 Å². The number of hydrogen-bond acceptors (Lipinski definition) is 6. The van der Waals surface area contributed by atoms with Gasteiger partial charge in [0, 0.05) is 19.3 Å². The summed E-state index contributed by atoms with van der Waals surface area (Å²) in [4.78, 5) is 38.2. The van der Waals surface area contributed by atoms with Crippen LogP contribution >= 0.6 is 0 Å². The average molecular weight is 998 g/mol. The summed E-state index contributed by atoms with van der Waals surface area (Å²) in [7, 11) is 0. The standard InChI is InChI=1S/C65H120O6/c1-4-7-10-13-16-19-22-25-28-29-30-31-32-33-34-35-36-37-38-41-43-46-49-52-55-58-64(67)70-61-62(71-65(68)59-56-53-50-47-44-40-27-24-21-18-15-12-9-6-3)60-69-63(66)57-54-51-48-45-42-39-26-23-20-17-14-11-8-5-2/h15,18,23-24,26-27,62H,4-14,16-17,19-22,25,28-61H2,1-3H3/b18-15-,26-23-,27-24-. The maximum absolute atomic E-state index is 12.9. The number of rotatable bonds is 58. The monoisotopic (exact) mass is 997 g/mol. The summed E-state index contributed by atoms with van der Waals surface area (Å²) >= 11 is 0. The van der Waals surface area contributed by atoms with Crippen molar-refractivity contribution >= 4 is 17.9 Å². The van der Waals surface area contributed by atoms with Gasteiger partial charge in [0.1, 0.15) is 13.2 Å². The summed E-state index contributed by atoms with van der Waals surface area (Å²) in [5, 5.41) is 0. The van der Waals surface area contributed by atoms with Crippen molar-refractivity contribution in [2.45, 2.75) is 348 Å². The second-order valence-electron chi connectivity index (χ2n) is 21.3. The van der Waals surface area contributed by atoms with E-state index in [1.807, 2.05) is 0 Å². The Kier molecular flexibility index (Phi) is 58.2. The molecule has 0 amide bonds. The van der Waals surface area contributed by atoms with E-state index in [2.05, 4.69) is 57.2 Å². The topological polar surface area (TPSA) is 78.9 Å². The van der Waals surface area contributed by atoms with Gasteiger partial charge in [-0.25, -0.2) is 0 Å². The summed E-state index contributed by atoms with van der Waals surface area (Å²) in [6.07, 6.45) is 73.0. The Morgan fingerprint density at radius 3 is 0.831 bits per heavy atom. The van der Waals surface area contributed by atoms with Crippen LogP contribution in [0, 0.1) is 0 Å². The van der Waals surface area contributed by atoms with Gasteiger partial charge in [-0.1, -0.05) is 288 Å². The number of esters is 3. The second-order valence-corrected chi connectivity index (χ2v) is 21.3. The Labute approximate surface area is 442 Å². The molecule has 0 aliphatic carbocycles. The molecular weight excluding hydrogens is 877 g/mol. The lowest BCUT2D eigenvalue weighted by atomic mass is 10.0. The molecule has 6 heteroatoms. The minimum atomic E-state index is -0.780. The van der Waals surface area contributed by atoms with Gasteiger partial charge in [-0.2, -0.15) is 0 Å². The van der Waals surface area contributed by atoms with Gasteiger partial charge < -0.3 is 14.2 Å². The zero-order valence-electron chi connectivity index (χ0n) is 47.8. The van der Waals surface area contributed by atoms with Gasteiger partial charge in [-0.3, -0.25) is 14.4 Å². The Bertz CT molecular complexity index is 1190. The molecule has 0 radical (unpaired) electrons. The minimum Gasteiger partial charge on any atom is -0.462 e. The number of ether oxygens (including phenoxy) is 3. The highest BCUT2D eigenvalue weighted by Gasteiger charge is 2.19. The predicted octanol–water partition coefficient (Wildman–Crippen LogP) is 21.2. The highest BCUT2D eigenvalue weighted by atomic mass is 16.6. The fourth-order valence-corrected chi connectivity index (χ4v) is 9.34. The fraction of sp³-hybridized carbons (Fsp3) is 0.862. The van der Waals surface area contributed by atoms with Gasteiger partial charge in [-0.05, 0) is 70.6 Å². The first-order chi connectivity index (χ1) is 35.0. The molecule has 0 heterocycles. The average Bonchev–Trinajstić information content (AvgIpc) is 3.37. The van der Waals surface area contributed by atoms with E-state index in [0.717, 1.165) is 89.9 Å². The third kappa shape index (κ3) is 58.4. The van der Waals surface area contributed by atoms with E-state index in [4.69, 9.17) is 14.2 Å². The van der Waals surface area contributed by atoms with Gasteiger partial charge in [0.05, 0.1) is 0 Å². The van der Waals surface area contributed by atoms with Crippen molar-refractivity contribution in [3.63, 3.8) is 0 Å². The first-order valence-corrected chi connectivity index (χ1v) is 31.5. The summed E-state index contributed by atoms with van der Waals surface area (Å²) < 4.78 is 16.9. The van der Waals surface area contributed by atoms with Crippen LogP contribution in [-0.4, -0.2) is 37.2 Å². The van der Waals surface area contributed by atoms with E-state index in [1.165, 1.54) is 212 Å². The molecule has 0 aromatic heterocycles. The van der Waals surface area contributed by atoms with Gasteiger partial charge in [-0.15, -0.1) is 0 Å². The number of unbranched alkanes of at least 4 members (excludes halogenated alkanes) is 41. The van der Waals surface area contributed by atoms with E-state index in [0.29, 0.717) is 19.3 Å². The lowest BCUT2D eigenvalue weighted by Crippen LogP contribution is -2.30. The van der Waals surface area contributed by atoms with E-state index >= 15 is 0 Å². The summed E-state index contributed by atoms with van der Waals surface area (Å²) in [5.41, 5.74) is 0. The lowest BCUT2D eigenvalue weighted by Gasteiger charge is -2.18. The van der Waals surface area contributed by atoms with Gasteiger partial charge in [0.15, 0.2) is 6.10 Å². The van der Waals surface area contributed by atoms with Crippen LogP contribution in [-0.2, 0) is 28.6 Å². The Balaban J connectivity index is 4.23. The predicted molar refractivity (Wildman–Crippen MR) is 307 cm³/mol. The van der Waals surface area contributed by atoms with E-state index in [9.17, 15) is 14.4 Å². The molecule has 0 aromatic carbocycles. The molecule has 1 atom stereocenters. The summed E-state index contributed by atoms with van der Waals surface area (Å²) in [6.45, 7) is 6.62. The van der Waals surface area contributed by atoms with Gasteiger partial charge in [0.2, 0.25) is 0 Å². The highest BCUT2D eigenvalue weighted by Crippen LogP contribution is 2.17. The summed E-state index contributed by atoms with van der Waals surface area (Å²) in [5.74, 6) is -0.880. The van der Waals surface area contributed by atoms with Gasteiger partial charge in [0.25, 0.3) is 0 Å². The van der Waals surface area contributed by atoms with Crippen LogP contribution in [0.3, 0.4) is 0 Å². The van der Waals surface area contributed by atoms with Crippen LogP contribution in [0.2, 0.25) is 0 Å². The SMILES string of the molecule is CCCC/C=C\C/C=C\CCCCCCCC(=O)OC(COC(=O)CCCCCCC/C=C\CCCCCCC)COC(=O)CCCCCCCCCCCCCCCCCCCCCCCCCCC. The molecule has 71 heavy (non-hydrogen) atoms. The molecule has 6 nitrogen and oxygen atoms in total. The number of carbonyl (C=O) groups excluding carboxylic acids is 3. The molecule has 0 spiro atoms. The third-order valence-electron chi connectivity index (χ3n) is 14.1.